The van der Waals surface area contributed by atoms with E-state index in [2.05, 4.69) is 15.1 Å². The van der Waals surface area contributed by atoms with Gasteiger partial charge >= 0.3 is 0 Å². The summed E-state index contributed by atoms with van der Waals surface area (Å²) in [6.07, 6.45) is 1.72. The predicted molar refractivity (Wildman–Crippen MR) is 98.0 cm³/mol. The molecule has 4 nitrogen and oxygen atoms in total. The molecule has 0 bridgehead atoms. The molecule has 122 valence electrons. The van der Waals surface area contributed by atoms with E-state index in [1.165, 1.54) is 0 Å². The Morgan fingerprint density at radius 1 is 1.26 bits per heavy atom. The van der Waals surface area contributed by atoms with Crippen molar-refractivity contribution in [3.8, 4) is 0 Å². The maximum absolute atomic E-state index is 6.26. The lowest BCUT2D eigenvalue weighted by Crippen LogP contribution is -2.49. The van der Waals surface area contributed by atoms with Crippen molar-refractivity contribution in [3.63, 3.8) is 0 Å². The van der Waals surface area contributed by atoms with Gasteiger partial charge in [0.1, 0.15) is 5.76 Å². The lowest BCUT2D eigenvalue weighted by atomic mass is 10.2. The van der Waals surface area contributed by atoms with Crippen LogP contribution in [0.25, 0.3) is 0 Å². The average Bonchev–Trinajstić information content (AvgIpc) is 3.04. The molecule has 0 radical (unpaired) electrons. The van der Waals surface area contributed by atoms with Gasteiger partial charge in [-0.3, -0.25) is 4.90 Å². The molecule has 1 aromatic carbocycles. The zero-order valence-corrected chi connectivity index (χ0v) is 14.7. The zero-order valence-electron chi connectivity index (χ0n) is 13.1. The van der Waals surface area contributed by atoms with Crippen LogP contribution >= 0.6 is 23.8 Å². The Kier molecular flexibility index (Phi) is 5.20. The topological polar surface area (TPSA) is 31.6 Å². The van der Waals surface area contributed by atoms with Crippen LogP contribution < -0.4 is 5.32 Å². The smallest absolute Gasteiger partial charge is 0.173 e. The van der Waals surface area contributed by atoms with Gasteiger partial charge in [-0.2, -0.15) is 0 Å². The summed E-state index contributed by atoms with van der Waals surface area (Å²) < 4.78 is 5.40. The third-order valence-electron chi connectivity index (χ3n) is 3.99. The maximum Gasteiger partial charge on any atom is 0.173 e. The van der Waals surface area contributed by atoms with Crippen molar-refractivity contribution >= 4 is 34.6 Å². The monoisotopic (exact) mass is 349 g/mol. The first-order valence-corrected chi connectivity index (χ1v) is 8.47. The minimum atomic E-state index is 0.698. The average molecular weight is 350 g/mol. The van der Waals surface area contributed by atoms with Crippen molar-refractivity contribution in [1.82, 2.24) is 9.80 Å². The molecule has 1 N–H and O–H groups in total. The third-order valence-corrected chi connectivity index (χ3v) is 4.66. The fourth-order valence-corrected chi connectivity index (χ4v) is 3.22. The summed E-state index contributed by atoms with van der Waals surface area (Å²) in [6, 6.07) is 9.87. The molecule has 1 saturated heterocycles. The largest absolute Gasteiger partial charge is 0.468 e. The Morgan fingerprint density at radius 3 is 2.70 bits per heavy atom. The minimum Gasteiger partial charge on any atom is -0.468 e. The number of furan rings is 1. The van der Waals surface area contributed by atoms with Crippen molar-refractivity contribution in [2.75, 3.05) is 31.5 Å². The van der Waals surface area contributed by atoms with Gasteiger partial charge in [0, 0.05) is 26.2 Å². The van der Waals surface area contributed by atoms with Crippen LogP contribution in [0.15, 0.2) is 41.0 Å². The van der Waals surface area contributed by atoms with Crippen LogP contribution in [0.2, 0.25) is 5.02 Å². The molecule has 1 aromatic heterocycles. The molecule has 6 heteroatoms. The second kappa shape index (κ2) is 7.34. The quantitative estimate of drug-likeness (QED) is 0.853. The van der Waals surface area contributed by atoms with Crippen LogP contribution in [0, 0.1) is 6.92 Å². The fourth-order valence-electron chi connectivity index (χ4n) is 2.65. The van der Waals surface area contributed by atoms with Crippen LogP contribution in [0.1, 0.15) is 11.3 Å². The van der Waals surface area contributed by atoms with E-state index in [4.69, 9.17) is 28.2 Å². The first-order valence-electron chi connectivity index (χ1n) is 7.68. The number of piperazine rings is 1. The molecule has 0 amide bonds. The highest BCUT2D eigenvalue weighted by Crippen LogP contribution is 2.23. The van der Waals surface area contributed by atoms with Crippen molar-refractivity contribution in [2.24, 2.45) is 0 Å². The molecular formula is C17H20ClN3OS. The summed E-state index contributed by atoms with van der Waals surface area (Å²) in [5.41, 5.74) is 2.00. The lowest BCUT2D eigenvalue weighted by molar-refractivity contribution is 0.166. The number of benzene rings is 1. The summed E-state index contributed by atoms with van der Waals surface area (Å²) in [5.74, 6) is 1.01. The van der Waals surface area contributed by atoms with Crippen LogP contribution in [0.4, 0.5) is 5.69 Å². The van der Waals surface area contributed by atoms with E-state index in [0.29, 0.717) is 5.02 Å². The number of rotatable bonds is 3. The standard InChI is InChI=1S/C17H20ClN3OS/c1-13-4-5-16(15(18)11-13)19-17(23)21-8-6-20(7-9-21)12-14-3-2-10-22-14/h2-5,10-11H,6-9,12H2,1H3,(H,19,23). The Bertz CT molecular complexity index is 666. The Labute approximate surface area is 147 Å². The summed E-state index contributed by atoms with van der Waals surface area (Å²) in [7, 11) is 0. The molecule has 23 heavy (non-hydrogen) atoms. The van der Waals surface area contributed by atoms with Crippen molar-refractivity contribution in [3.05, 3.63) is 52.9 Å². The maximum atomic E-state index is 6.26. The summed E-state index contributed by atoms with van der Waals surface area (Å²) >= 11 is 11.8. The molecule has 2 aromatic rings. The molecule has 1 fully saturated rings. The Hall–Kier alpha value is -1.56. The fraction of sp³-hybridized carbons (Fsp3) is 0.353. The number of halogens is 1. The highest BCUT2D eigenvalue weighted by molar-refractivity contribution is 7.80. The van der Waals surface area contributed by atoms with Crippen LogP contribution in [-0.2, 0) is 6.54 Å². The van der Waals surface area contributed by atoms with Gasteiger partial charge < -0.3 is 14.6 Å². The van der Waals surface area contributed by atoms with Crippen LogP contribution in [0.5, 0.6) is 0 Å². The van der Waals surface area contributed by atoms with E-state index >= 15 is 0 Å². The molecule has 2 heterocycles. The van der Waals surface area contributed by atoms with Crippen molar-refractivity contribution < 1.29 is 4.42 Å². The van der Waals surface area contributed by atoms with E-state index in [0.717, 1.165) is 54.8 Å². The van der Waals surface area contributed by atoms with Gasteiger partial charge in [0.25, 0.3) is 0 Å². The molecule has 0 saturated carbocycles. The van der Waals surface area contributed by atoms with E-state index in [9.17, 15) is 0 Å². The summed E-state index contributed by atoms with van der Waals surface area (Å²) in [5, 5.41) is 4.68. The predicted octanol–water partition coefficient (Wildman–Crippen LogP) is 3.76. The molecule has 1 aliphatic heterocycles. The number of hydrogen-bond donors (Lipinski definition) is 1. The number of anilines is 1. The van der Waals surface area contributed by atoms with E-state index in [-0.39, 0.29) is 0 Å². The van der Waals surface area contributed by atoms with Gasteiger partial charge in [-0.1, -0.05) is 17.7 Å². The lowest BCUT2D eigenvalue weighted by Gasteiger charge is -2.35. The molecule has 0 aliphatic carbocycles. The van der Waals surface area contributed by atoms with Crippen LogP contribution in [0.3, 0.4) is 0 Å². The van der Waals surface area contributed by atoms with E-state index < -0.39 is 0 Å². The highest BCUT2D eigenvalue weighted by atomic mass is 35.5. The first-order chi connectivity index (χ1) is 11.1. The van der Waals surface area contributed by atoms with Gasteiger partial charge in [0.05, 0.1) is 23.5 Å². The third kappa shape index (κ3) is 4.25. The number of nitrogens with one attached hydrogen (secondary N) is 1. The number of aryl methyl sites for hydroxylation is 1. The summed E-state index contributed by atoms with van der Waals surface area (Å²) in [6.45, 7) is 6.59. The second-order valence-corrected chi connectivity index (χ2v) is 6.55. The molecule has 0 unspecified atom stereocenters. The second-order valence-electron chi connectivity index (χ2n) is 5.76. The van der Waals surface area contributed by atoms with E-state index in [1.54, 1.807) is 6.26 Å². The Morgan fingerprint density at radius 2 is 2.04 bits per heavy atom. The number of nitrogens with zero attached hydrogens (tertiary/aromatic N) is 2. The molecule has 1 aliphatic rings. The first kappa shape index (κ1) is 16.3. The number of thiocarbonyl (C=S) groups is 1. The number of hydrogen-bond acceptors (Lipinski definition) is 3. The van der Waals surface area contributed by atoms with Gasteiger partial charge in [-0.15, -0.1) is 0 Å². The van der Waals surface area contributed by atoms with Gasteiger partial charge in [0.15, 0.2) is 5.11 Å². The highest BCUT2D eigenvalue weighted by Gasteiger charge is 2.20. The van der Waals surface area contributed by atoms with Crippen molar-refractivity contribution in [2.45, 2.75) is 13.5 Å². The van der Waals surface area contributed by atoms with E-state index in [1.807, 2.05) is 37.3 Å². The van der Waals surface area contributed by atoms with Gasteiger partial charge in [-0.05, 0) is 49.0 Å². The summed E-state index contributed by atoms with van der Waals surface area (Å²) in [4.78, 5) is 4.56. The van der Waals surface area contributed by atoms with Crippen molar-refractivity contribution in [1.29, 1.82) is 0 Å². The SMILES string of the molecule is Cc1ccc(NC(=S)N2CCN(Cc3ccco3)CC2)c(Cl)c1. The molecule has 0 spiro atoms. The van der Waals surface area contributed by atoms with Crippen LogP contribution in [-0.4, -0.2) is 41.1 Å². The molecule has 3 rings (SSSR count). The minimum absolute atomic E-state index is 0.698. The zero-order chi connectivity index (χ0) is 16.2. The van der Waals surface area contributed by atoms with Gasteiger partial charge in [0.2, 0.25) is 0 Å². The normalized spacial score (nSPS) is 15.7. The molecule has 0 atom stereocenters. The molecular weight excluding hydrogens is 330 g/mol. The van der Waals surface area contributed by atoms with Gasteiger partial charge in [-0.25, -0.2) is 0 Å². The Balaban J connectivity index is 1.51.